The molecule has 1 aliphatic carbocycles. The molecule has 0 aliphatic heterocycles. The molecule has 0 spiro atoms. The molecule has 0 bridgehead atoms. The van der Waals surface area contributed by atoms with Crippen LogP contribution in [-0.2, 0) is 0 Å². The molecular formula is C19H28ClF5S. The molecule has 0 N–H and O–H groups in total. The number of hydrogen-bond donors (Lipinski definition) is 0. The van der Waals surface area contributed by atoms with E-state index in [2.05, 4.69) is 6.92 Å². The first kappa shape index (κ1) is 21.8. The van der Waals surface area contributed by atoms with Gasteiger partial charge in [-0.25, -0.2) is 0 Å². The third-order valence-electron chi connectivity index (χ3n) is 5.29. The predicted molar refractivity (Wildman–Crippen MR) is 102 cm³/mol. The number of halogens is 6. The minimum absolute atomic E-state index is 0.0944. The van der Waals surface area contributed by atoms with E-state index in [0.717, 1.165) is 24.3 Å². The lowest BCUT2D eigenvalue weighted by Gasteiger charge is -2.41. The summed E-state index contributed by atoms with van der Waals surface area (Å²) in [6, 6.07) is 6.42. The molecule has 0 nitrogen and oxygen atoms in total. The van der Waals surface area contributed by atoms with Crippen LogP contribution in [-0.4, -0.2) is 5.75 Å². The van der Waals surface area contributed by atoms with Crippen LogP contribution < -0.4 is 0 Å². The lowest BCUT2D eigenvalue weighted by molar-refractivity contribution is 0.303. The molecule has 0 aromatic heterocycles. The molecule has 152 valence electrons. The van der Waals surface area contributed by atoms with Crippen LogP contribution in [0.5, 0.6) is 0 Å². The maximum absolute atomic E-state index is 12.6. The van der Waals surface area contributed by atoms with E-state index in [-0.39, 0.29) is 5.56 Å². The topological polar surface area (TPSA) is 0 Å². The molecule has 0 saturated heterocycles. The highest BCUT2D eigenvalue weighted by Crippen LogP contribution is 2.98. The standard InChI is InChI=1S/C19H28ClF5S/c1-2-3-4-5-15-6-8-16(9-7-15)17-10-12-18(13-11-17)19(20)14-26(21,22,23,24)25/h10-13,15-16,19H,2-9,14H2,1H3. The van der Waals surface area contributed by atoms with Gasteiger partial charge in [0.15, 0.2) is 0 Å². The molecule has 1 fully saturated rings. The van der Waals surface area contributed by atoms with Crippen LogP contribution in [0.1, 0.15) is 80.7 Å². The van der Waals surface area contributed by atoms with Gasteiger partial charge in [-0.05, 0) is 48.6 Å². The molecule has 1 atom stereocenters. The Hall–Kier alpha value is -0.490. The van der Waals surface area contributed by atoms with Gasteiger partial charge in [0, 0.05) is 0 Å². The van der Waals surface area contributed by atoms with Crippen molar-refractivity contribution in [2.24, 2.45) is 5.92 Å². The Morgan fingerprint density at radius 3 is 2.04 bits per heavy atom. The Kier molecular flexibility index (Phi) is 6.29. The van der Waals surface area contributed by atoms with Crippen LogP contribution in [0.2, 0.25) is 0 Å². The van der Waals surface area contributed by atoms with Gasteiger partial charge in [0.25, 0.3) is 10.2 Å². The van der Waals surface area contributed by atoms with Gasteiger partial charge in [-0.3, -0.25) is 0 Å². The summed E-state index contributed by atoms with van der Waals surface area (Å²) >= 11 is 5.62. The van der Waals surface area contributed by atoms with Crippen molar-refractivity contribution < 1.29 is 19.4 Å². The molecule has 0 amide bonds. The van der Waals surface area contributed by atoms with Gasteiger partial charge in [0.1, 0.15) is 5.75 Å². The van der Waals surface area contributed by atoms with Crippen molar-refractivity contribution in [1.82, 2.24) is 0 Å². The van der Waals surface area contributed by atoms with Gasteiger partial charge < -0.3 is 0 Å². The number of hydrogen-bond acceptors (Lipinski definition) is 0. The zero-order valence-electron chi connectivity index (χ0n) is 15.1. The molecule has 2 rings (SSSR count). The normalized spacial score (nSPS) is 25.3. The second-order valence-electron chi connectivity index (χ2n) is 7.64. The second kappa shape index (κ2) is 7.50. The summed E-state index contributed by atoms with van der Waals surface area (Å²) in [6.45, 7) is 2.20. The van der Waals surface area contributed by atoms with E-state index >= 15 is 0 Å². The largest absolute Gasteiger partial charge is 0.287 e. The Labute approximate surface area is 158 Å². The highest BCUT2D eigenvalue weighted by molar-refractivity contribution is 8.45. The van der Waals surface area contributed by atoms with Crippen molar-refractivity contribution in [2.75, 3.05) is 5.75 Å². The van der Waals surface area contributed by atoms with Crippen LogP contribution in [0.3, 0.4) is 0 Å². The third-order valence-corrected chi connectivity index (χ3v) is 6.85. The molecule has 1 unspecified atom stereocenters. The first-order chi connectivity index (χ1) is 11.9. The van der Waals surface area contributed by atoms with Crippen molar-refractivity contribution in [3.63, 3.8) is 0 Å². The lowest BCUT2D eigenvalue weighted by atomic mass is 9.77. The van der Waals surface area contributed by atoms with E-state index < -0.39 is 21.4 Å². The SMILES string of the molecule is CCCCCC1CCC(c2ccc(C(Cl)CS(F)(F)(F)(F)F)cc2)CC1. The summed E-state index contributed by atoms with van der Waals surface area (Å²) in [4.78, 5) is 0. The minimum Gasteiger partial charge on any atom is -0.117 e. The molecule has 0 heterocycles. The van der Waals surface area contributed by atoms with E-state index in [9.17, 15) is 19.4 Å². The summed E-state index contributed by atoms with van der Waals surface area (Å²) in [6.07, 6.45) is 9.57. The van der Waals surface area contributed by atoms with Crippen LogP contribution >= 0.6 is 21.8 Å². The highest BCUT2D eigenvalue weighted by atomic mass is 35.5. The van der Waals surface area contributed by atoms with Gasteiger partial charge in [-0.2, -0.15) is 0 Å². The first-order valence-corrected chi connectivity index (χ1v) is 11.9. The Morgan fingerprint density at radius 2 is 1.54 bits per heavy atom. The Balaban J connectivity index is 1.90. The van der Waals surface area contributed by atoms with Crippen LogP contribution in [0, 0.1) is 5.92 Å². The van der Waals surface area contributed by atoms with Crippen molar-refractivity contribution in [1.29, 1.82) is 0 Å². The first-order valence-electron chi connectivity index (χ1n) is 9.33. The minimum atomic E-state index is -9.50. The summed E-state index contributed by atoms with van der Waals surface area (Å²) in [5.74, 6) is -1.08. The zero-order chi connectivity index (χ0) is 19.5. The third kappa shape index (κ3) is 7.63. The summed E-state index contributed by atoms with van der Waals surface area (Å²) in [7, 11) is -9.50. The monoisotopic (exact) mass is 418 g/mol. The molecule has 0 radical (unpaired) electrons. The van der Waals surface area contributed by atoms with E-state index in [0.29, 0.717) is 5.92 Å². The summed E-state index contributed by atoms with van der Waals surface area (Å²) < 4.78 is 62.9. The van der Waals surface area contributed by atoms with Crippen LogP contribution in [0.25, 0.3) is 0 Å². The maximum Gasteiger partial charge on any atom is 0.287 e. The van der Waals surface area contributed by atoms with Gasteiger partial charge in [0.05, 0.1) is 5.38 Å². The van der Waals surface area contributed by atoms with Crippen molar-refractivity contribution in [2.45, 2.75) is 69.6 Å². The predicted octanol–water partition coefficient (Wildman–Crippen LogP) is 9.12. The molecule has 1 aromatic carbocycles. The lowest BCUT2D eigenvalue weighted by Crippen LogP contribution is -2.16. The summed E-state index contributed by atoms with van der Waals surface area (Å²) in [5.41, 5.74) is 1.16. The average molecular weight is 419 g/mol. The fourth-order valence-corrected chi connectivity index (χ4v) is 5.42. The Morgan fingerprint density at radius 1 is 0.962 bits per heavy atom. The number of benzene rings is 1. The van der Waals surface area contributed by atoms with Crippen molar-refractivity contribution in [3.05, 3.63) is 35.4 Å². The maximum atomic E-state index is 12.6. The van der Waals surface area contributed by atoms with Crippen LogP contribution in [0.15, 0.2) is 24.3 Å². The fourth-order valence-electron chi connectivity index (χ4n) is 3.82. The molecule has 1 aliphatic rings. The van der Waals surface area contributed by atoms with Crippen molar-refractivity contribution >= 4 is 21.8 Å². The number of rotatable bonds is 8. The number of unbranched alkanes of at least 4 members (excludes halogenated alkanes) is 2. The molecule has 1 saturated carbocycles. The highest BCUT2D eigenvalue weighted by Gasteiger charge is 2.64. The molecular weight excluding hydrogens is 391 g/mol. The second-order valence-corrected chi connectivity index (χ2v) is 10.8. The number of alkyl halides is 1. The molecule has 1 aromatic rings. The zero-order valence-corrected chi connectivity index (χ0v) is 16.7. The van der Waals surface area contributed by atoms with E-state index in [4.69, 9.17) is 11.6 Å². The van der Waals surface area contributed by atoms with Gasteiger partial charge in [-0.15, -0.1) is 11.6 Å². The molecule has 26 heavy (non-hydrogen) atoms. The average Bonchev–Trinajstić information content (AvgIpc) is 2.53. The van der Waals surface area contributed by atoms with Crippen molar-refractivity contribution in [3.8, 4) is 0 Å². The van der Waals surface area contributed by atoms with Gasteiger partial charge >= 0.3 is 0 Å². The Bertz CT molecular complexity index is 576. The van der Waals surface area contributed by atoms with E-state index in [1.54, 1.807) is 12.1 Å². The van der Waals surface area contributed by atoms with E-state index in [1.807, 2.05) is 0 Å². The van der Waals surface area contributed by atoms with Gasteiger partial charge in [0.2, 0.25) is 0 Å². The fraction of sp³-hybridized carbons (Fsp3) is 0.684. The smallest absolute Gasteiger partial charge is 0.117 e. The van der Waals surface area contributed by atoms with E-state index in [1.165, 1.54) is 50.7 Å². The quantitative estimate of drug-likeness (QED) is 0.224. The summed E-state index contributed by atoms with van der Waals surface area (Å²) in [5, 5.41) is -1.75. The van der Waals surface area contributed by atoms with Crippen LogP contribution in [0.4, 0.5) is 19.4 Å². The molecule has 7 heteroatoms. The van der Waals surface area contributed by atoms with Gasteiger partial charge in [-0.1, -0.05) is 76.3 Å².